The molecule has 1 N–H and O–H groups in total. The number of benzene rings is 1. The van der Waals surface area contributed by atoms with Crippen molar-refractivity contribution in [3.05, 3.63) is 52.1 Å². The van der Waals surface area contributed by atoms with Crippen molar-refractivity contribution in [3.8, 4) is 0 Å². The molecule has 0 aliphatic carbocycles. The molecule has 0 bridgehead atoms. The number of aromatic nitrogens is 3. The number of H-pyrrole nitrogens is 1. The van der Waals surface area contributed by atoms with E-state index in [-0.39, 0.29) is 17.9 Å². The second-order valence-corrected chi connectivity index (χ2v) is 8.24. The van der Waals surface area contributed by atoms with Crippen LogP contribution in [0.25, 0.3) is 5.57 Å². The molecule has 9 heteroatoms. The topological polar surface area (TPSA) is 53.9 Å². The number of hydrogen-bond donors (Lipinski definition) is 1. The maximum absolute atomic E-state index is 12.7. The van der Waals surface area contributed by atoms with Crippen molar-refractivity contribution in [3.63, 3.8) is 0 Å². The molecule has 1 amide bonds. The van der Waals surface area contributed by atoms with E-state index in [1.54, 1.807) is 11.8 Å². The van der Waals surface area contributed by atoms with E-state index in [0.29, 0.717) is 29.0 Å². The highest BCUT2D eigenvalue weighted by atomic mass is 32.1. The maximum atomic E-state index is 12.7. The zero-order valence-electron chi connectivity index (χ0n) is 17.2. The van der Waals surface area contributed by atoms with Crippen LogP contribution in [0.3, 0.4) is 0 Å². The Balaban J connectivity index is 1.64. The summed E-state index contributed by atoms with van der Waals surface area (Å²) in [5, 5.41) is 7.26. The second kappa shape index (κ2) is 8.75. The summed E-state index contributed by atoms with van der Waals surface area (Å²) in [6.07, 6.45) is -1.31. The van der Waals surface area contributed by atoms with Crippen LogP contribution in [-0.2, 0) is 11.0 Å². The molecule has 1 aromatic carbocycles. The number of rotatable bonds is 4. The summed E-state index contributed by atoms with van der Waals surface area (Å²) >= 11 is 5.32. The number of allylic oxidation sites excluding steroid dienone is 1. The molecule has 30 heavy (non-hydrogen) atoms. The molecule has 1 aliphatic heterocycles. The highest BCUT2D eigenvalue weighted by Crippen LogP contribution is 2.31. The van der Waals surface area contributed by atoms with E-state index >= 15 is 0 Å². The lowest BCUT2D eigenvalue weighted by Gasteiger charge is -2.31. The number of nitrogens with zero attached hydrogens (tertiary/aromatic N) is 3. The van der Waals surface area contributed by atoms with Gasteiger partial charge in [-0.2, -0.15) is 18.3 Å². The van der Waals surface area contributed by atoms with Crippen molar-refractivity contribution in [2.75, 3.05) is 13.1 Å². The minimum Gasteiger partial charge on any atom is -0.339 e. The quantitative estimate of drug-likeness (QED) is 0.517. The van der Waals surface area contributed by atoms with E-state index < -0.39 is 11.7 Å². The Morgan fingerprint density at radius 2 is 1.83 bits per heavy atom. The molecule has 0 unspecified atom stereocenters. The summed E-state index contributed by atoms with van der Waals surface area (Å²) in [4.78, 5) is 14.4. The average molecular weight is 439 g/mol. The first-order valence-electron chi connectivity index (χ1n) is 9.89. The van der Waals surface area contributed by atoms with Crippen molar-refractivity contribution < 1.29 is 18.0 Å². The molecule has 1 saturated heterocycles. The van der Waals surface area contributed by atoms with E-state index in [2.05, 4.69) is 24.0 Å². The van der Waals surface area contributed by atoms with E-state index in [1.165, 1.54) is 18.2 Å². The summed E-state index contributed by atoms with van der Waals surface area (Å²) in [6, 6.07) is 5.06. The molecule has 1 fully saturated rings. The van der Waals surface area contributed by atoms with Crippen molar-refractivity contribution in [1.29, 1.82) is 0 Å². The average Bonchev–Trinajstić information content (AvgIpc) is 3.09. The zero-order valence-corrected chi connectivity index (χ0v) is 18.0. The Morgan fingerprint density at radius 3 is 2.37 bits per heavy atom. The van der Waals surface area contributed by atoms with Crippen LogP contribution < -0.4 is 0 Å². The maximum Gasteiger partial charge on any atom is 0.416 e. The number of alkyl halides is 3. The van der Waals surface area contributed by atoms with Gasteiger partial charge in [-0.1, -0.05) is 12.1 Å². The number of piperidine rings is 1. The predicted octanol–water partition coefficient (Wildman–Crippen LogP) is 5.35. The first-order valence-corrected chi connectivity index (χ1v) is 10.3. The standard InChI is InChI=1S/C21H25F3N4OS/c1-13(2)28-19(25-26-20(28)30)16-8-10-27(11-9-16)18(29)12-14(3)15-4-6-17(7-5-15)21(22,23)24/h4-7,12-13,16H,8-11H2,1-3H3,(H,26,30). The van der Waals surface area contributed by atoms with E-state index in [0.717, 1.165) is 30.8 Å². The lowest BCUT2D eigenvalue weighted by atomic mass is 9.95. The van der Waals surface area contributed by atoms with Crippen LogP contribution >= 0.6 is 12.2 Å². The molecule has 1 aliphatic rings. The van der Waals surface area contributed by atoms with Crippen LogP contribution in [-0.4, -0.2) is 38.7 Å². The van der Waals surface area contributed by atoms with Crippen LogP contribution in [0.1, 0.15) is 62.5 Å². The Morgan fingerprint density at radius 1 is 1.23 bits per heavy atom. The molecule has 3 rings (SSSR count). The smallest absolute Gasteiger partial charge is 0.339 e. The Bertz CT molecular complexity index is 981. The lowest BCUT2D eigenvalue weighted by Crippen LogP contribution is -2.37. The summed E-state index contributed by atoms with van der Waals surface area (Å²) < 4.78 is 40.8. The van der Waals surface area contributed by atoms with Crippen molar-refractivity contribution >= 4 is 23.7 Å². The summed E-state index contributed by atoms with van der Waals surface area (Å²) in [5.41, 5.74) is 0.530. The molecule has 5 nitrogen and oxygen atoms in total. The fourth-order valence-electron chi connectivity index (χ4n) is 3.74. The molecule has 0 radical (unpaired) electrons. The predicted molar refractivity (Wildman–Crippen MR) is 111 cm³/mol. The van der Waals surface area contributed by atoms with Gasteiger partial charge in [0.2, 0.25) is 5.91 Å². The van der Waals surface area contributed by atoms with E-state index in [9.17, 15) is 18.0 Å². The van der Waals surface area contributed by atoms with Crippen LogP contribution in [0.4, 0.5) is 13.2 Å². The van der Waals surface area contributed by atoms with Crippen LogP contribution in [0, 0.1) is 4.77 Å². The van der Waals surface area contributed by atoms with Crippen molar-refractivity contribution in [1.82, 2.24) is 19.7 Å². The molecule has 0 spiro atoms. The third kappa shape index (κ3) is 4.83. The summed E-state index contributed by atoms with van der Waals surface area (Å²) in [6.45, 7) is 7.04. The van der Waals surface area contributed by atoms with Gasteiger partial charge in [0.25, 0.3) is 0 Å². The fourth-order valence-corrected chi connectivity index (χ4v) is 4.09. The van der Waals surface area contributed by atoms with Crippen LogP contribution in [0.15, 0.2) is 30.3 Å². The Hall–Kier alpha value is -2.42. The van der Waals surface area contributed by atoms with E-state index in [4.69, 9.17) is 12.2 Å². The third-order valence-electron chi connectivity index (χ3n) is 5.43. The van der Waals surface area contributed by atoms with Gasteiger partial charge < -0.3 is 9.47 Å². The van der Waals surface area contributed by atoms with Gasteiger partial charge in [0, 0.05) is 31.1 Å². The van der Waals surface area contributed by atoms with Gasteiger partial charge in [-0.05, 0) is 69.1 Å². The van der Waals surface area contributed by atoms with Gasteiger partial charge >= 0.3 is 6.18 Å². The number of carbonyl (C=O) groups is 1. The molecular formula is C21H25F3N4OS. The number of aromatic amines is 1. The van der Waals surface area contributed by atoms with Gasteiger partial charge in [-0.25, -0.2) is 0 Å². The molecule has 162 valence electrons. The van der Waals surface area contributed by atoms with E-state index in [1.807, 2.05) is 4.57 Å². The minimum absolute atomic E-state index is 0.131. The number of likely N-dealkylation sites (tertiary alicyclic amines) is 1. The normalized spacial score (nSPS) is 16.4. The van der Waals surface area contributed by atoms with Gasteiger partial charge in [0.05, 0.1) is 5.56 Å². The zero-order chi connectivity index (χ0) is 22.1. The lowest BCUT2D eigenvalue weighted by molar-refractivity contribution is -0.137. The van der Waals surface area contributed by atoms with Gasteiger partial charge in [-0.15, -0.1) is 0 Å². The minimum atomic E-state index is -4.37. The Labute approximate surface area is 178 Å². The molecular weight excluding hydrogens is 413 g/mol. The second-order valence-electron chi connectivity index (χ2n) is 7.85. The third-order valence-corrected chi connectivity index (χ3v) is 5.72. The van der Waals surface area contributed by atoms with Gasteiger partial charge in [0.15, 0.2) is 4.77 Å². The van der Waals surface area contributed by atoms with Crippen molar-refractivity contribution in [2.24, 2.45) is 0 Å². The largest absolute Gasteiger partial charge is 0.416 e. The number of amides is 1. The van der Waals surface area contributed by atoms with Gasteiger partial charge in [-0.3, -0.25) is 9.89 Å². The highest BCUT2D eigenvalue weighted by Gasteiger charge is 2.30. The molecule has 0 atom stereocenters. The highest BCUT2D eigenvalue weighted by molar-refractivity contribution is 7.71. The number of nitrogens with one attached hydrogen (secondary N) is 1. The number of carbonyl (C=O) groups excluding carboxylic acids is 1. The SMILES string of the molecule is CC(=CC(=O)N1CCC(c2n[nH]c(=S)n2C(C)C)CC1)c1ccc(C(F)(F)F)cc1. The fraction of sp³-hybridized carbons (Fsp3) is 0.476. The molecule has 1 aromatic heterocycles. The van der Waals surface area contributed by atoms with Crippen LogP contribution in [0.5, 0.6) is 0 Å². The van der Waals surface area contributed by atoms with Crippen molar-refractivity contribution in [2.45, 2.75) is 51.7 Å². The summed E-state index contributed by atoms with van der Waals surface area (Å²) in [5.74, 6) is 1.02. The molecule has 2 aromatic rings. The van der Waals surface area contributed by atoms with Gasteiger partial charge in [0.1, 0.15) is 5.82 Å². The molecule has 0 saturated carbocycles. The summed E-state index contributed by atoms with van der Waals surface area (Å²) in [7, 11) is 0. The first-order chi connectivity index (χ1) is 14.1. The monoisotopic (exact) mass is 438 g/mol. The number of hydrogen-bond acceptors (Lipinski definition) is 3. The molecule has 2 heterocycles. The number of halogens is 3. The Kier molecular flexibility index (Phi) is 6.50. The van der Waals surface area contributed by atoms with Crippen LogP contribution in [0.2, 0.25) is 0 Å². The first kappa shape index (κ1) is 22.3.